The van der Waals surface area contributed by atoms with Crippen LogP contribution in [0.5, 0.6) is 0 Å². The fourth-order valence-corrected chi connectivity index (χ4v) is 6.40. The van der Waals surface area contributed by atoms with Crippen molar-refractivity contribution in [1.82, 2.24) is 14.7 Å². The summed E-state index contributed by atoms with van der Waals surface area (Å²) in [6.45, 7) is 9.44. The molecule has 0 saturated carbocycles. The van der Waals surface area contributed by atoms with Crippen LogP contribution in [0, 0.1) is 0 Å². The Labute approximate surface area is 229 Å². The molecule has 2 aromatic carbocycles. The predicted octanol–water partition coefficient (Wildman–Crippen LogP) is 4.45. The summed E-state index contributed by atoms with van der Waals surface area (Å²) in [5, 5.41) is 5.15. The Bertz CT molecular complexity index is 1220. The van der Waals surface area contributed by atoms with Crippen molar-refractivity contribution in [3.05, 3.63) is 87.6 Å². The molecule has 2 aliphatic heterocycles. The zero-order valence-corrected chi connectivity index (χ0v) is 23.0. The molecule has 1 aromatic heterocycles. The van der Waals surface area contributed by atoms with E-state index in [1.807, 2.05) is 53.9 Å². The number of hydrogen-bond donors (Lipinski definition) is 1. The molecule has 0 bridgehead atoms. The first-order chi connectivity index (χ1) is 18.6. The first-order valence-electron chi connectivity index (χ1n) is 13.4. The monoisotopic (exact) mass is 532 g/mol. The minimum absolute atomic E-state index is 0.0655. The highest BCUT2D eigenvalue weighted by atomic mass is 32.1. The number of methoxy groups -OCH3 is 1. The lowest BCUT2D eigenvalue weighted by Gasteiger charge is -2.41. The number of nitrogens with zero attached hydrogens (tertiary/aromatic N) is 3. The minimum Gasteiger partial charge on any atom is -0.383 e. The van der Waals surface area contributed by atoms with Crippen LogP contribution < -0.4 is 5.32 Å². The van der Waals surface area contributed by atoms with E-state index in [0.29, 0.717) is 18.7 Å². The summed E-state index contributed by atoms with van der Waals surface area (Å²) in [6, 6.07) is 19.2. The van der Waals surface area contributed by atoms with Crippen molar-refractivity contribution in [3.8, 4) is 0 Å². The second-order valence-corrected chi connectivity index (χ2v) is 10.9. The number of hydrogen-bond acceptors (Lipinski definition) is 6. The van der Waals surface area contributed by atoms with Gasteiger partial charge in [0, 0.05) is 62.5 Å². The van der Waals surface area contributed by atoms with E-state index in [-0.39, 0.29) is 11.8 Å². The summed E-state index contributed by atoms with van der Waals surface area (Å²) in [4.78, 5) is 35.2. The predicted molar refractivity (Wildman–Crippen MR) is 152 cm³/mol. The lowest BCUT2D eigenvalue weighted by Crippen LogP contribution is -2.47. The number of amides is 2. The van der Waals surface area contributed by atoms with Gasteiger partial charge < -0.3 is 19.9 Å². The van der Waals surface area contributed by atoms with Gasteiger partial charge in [-0.2, -0.15) is 0 Å². The molecular weight excluding hydrogens is 496 g/mol. The number of ether oxygens (including phenoxy) is 1. The largest absolute Gasteiger partial charge is 0.383 e. The molecule has 38 heavy (non-hydrogen) atoms. The van der Waals surface area contributed by atoms with Gasteiger partial charge in [-0.3, -0.25) is 14.5 Å². The molecule has 0 aliphatic carbocycles. The van der Waals surface area contributed by atoms with Crippen LogP contribution in [-0.2, 0) is 16.1 Å². The first-order valence-corrected chi connectivity index (χ1v) is 14.2. The molecule has 1 N–H and O–H groups in total. The Morgan fingerprint density at radius 3 is 2.42 bits per heavy atom. The molecule has 200 valence electrons. The van der Waals surface area contributed by atoms with Crippen LogP contribution in [-0.4, -0.2) is 79.5 Å². The van der Waals surface area contributed by atoms with Crippen molar-refractivity contribution in [2.45, 2.75) is 25.4 Å². The Balaban J connectivity index is 1.36. The number of likely N-dealkylation sites (N-methyl/N-ethyl adjacent to an activating group) is 1. The lowest BCUT2D eigenvalue weighted by molar-refractivity contribution is -0.119. The van der Waals surface area contributed by atoms with E-state index >= 15 is 0 Å². The second-order valence-electron chi connectivity index (χ2n) is 9.91. The number of nitrogens with one attached hydrogen (secondary N) is 1. The maximum Gasteiger partial charge on any atom is 0.254 e. The van der Waals surface area contributed by atoms with Gasteiger partial charge in [-0.1, -0.05) is 43.3 Å². The zero-order chi connectivity index (χ0) is 26.5. The van der Waals surface area contributed by atoms with Crippen LogP contribution in [0.1, 0.15) is 45.2 Å². The van der Waals surface area contributed by atoms with Crippen molar-refractivity contribution in [1.29, 1.82) is 0 Å². The average Bonchev–Trinajstić information content (AvgIpc) is 3.48. The van der Waals surface area contributed by atoms with Crippen molar-refractivity contribution >= 4 is 28.8 Å². The number of piperazine rings is 1. The van der Waals surface area contributed by atoms with E-state index in [1.165, 1.54) is 5.56 Å². The summed E-state index contributed by atoms with van der Waals surface area (Å²) in [6.07, 6.45) is 0. The normalized spacial score (nSPS) is 20.4. The van der Waals surface area contributed by atoms with Crippen LogP contribution in [0.25, 0.3) is 0 Å². The second kappa shape index (κ2) is 12.2. The topological polar surface area (TPSA) is 65.1 Å². The van der Waals surface area contributed by atoms with Crippen molar-refractivity contribution < 1.29 is 14.3 Å². The molecule has 1 saturated heterocycles. The molecule has 5 rings (SSSR count). The van der Waals surface area contributed by atoms with Crippen LogP contribution in [0.15, 0.2) is 66.0 Å². The molecule has 7 nitrogen and oxygen atoms in total. The fourth-order valence-electron chi connectivity index (χ4n) is 5.52. The summed E-state index contributed by atoms with van der Waals surface area (Å²) in [7, 11) is 1.63. The first kappa shape index (κ1) is 26.6. The quantitative estimate of drug-likeness (QED) is 0.441. The smallest absolute Gasteiger partial charge is 0.254 e. The number of benzene rings is 2. The van der Waals surface area contributed by atoms with Gasteiger partial charge >= 0.3 is 0 Å². The van der Waals surface area contributed by atoms with E-state index in [2.05, 4.69) is 34.2 Å². The zero-order valence-electron chi connectivity index (χ0n) is 22.1. The van der Waals surface area contributed by atoms with Gasteiger partial charge in [0.25, 0.3) is 5.91 Å². The van der Waals surface area contributed by atoms with Crippen LogP contribution in [0.2, 0.25) is 0 Å². The number of thiophene rings is 1. The van der Waals surface area contributed by atoms with E-state index < -0.39 is 12.0 Å². The summed E-state index contributed by atoms with van der Waals surface area (Å²) in [5.41, 5.74) is 3.35. The van der Waals surface area contributed by atoms with Crippen molar-refractivity contribution in [3.63, 3.8) is 0 Å². The van der Waals surface area contributed by atoms with Crippen LogP contribution in [0.4, 0.5) is 5.69 Å². The number of rotatable bonds is 9. The maximum absolute atomic E-state index is 13.9. The molecule has 2 amide bonds. The van der Waals surface area contributed by atoms with Crippen LogP contribution >= 0.6 is 11.3 Å². The Kier molecular flexibility index (Phi) is 8.54. The van der Waals surface area contributed by atoms with Crippen molar-refractivity contribution in [2.75, 3.05) is 58.3 Å². The Morgan fingerprint density at radius 2 is 1.74 bits per heavy atom. The van der Waals surface area contributed by atoms with Gasteiger partial charge in [0.1, 0.15) is 0 Å². The number of carbonyl (C=O) groups is 2. The average molecular weight is 533 g/mol. The minimum atomic E-state index is -0.533. The highest BCUT2D eigenvalue weighted by Gasteiger charge is 2.44. The van der Waals surface area contributed by atoms with E-state index in [4.69, 9.17) is 4.74 Å². The highest BCUT2D eigenvalue weighted by molar-refractivity contribution is 7.10. The van der Waals surface area contributed by atoms with Gasteiger partial charge in [-0.15, -0.1) is 11.3 Å². The summed E-state index contributed by atoms with van der Waals surface area (Å²) < 4.78 is 5.32. The molecule has 0 radical (unpaired) electrons. The molecule has 0 unspecified atom stereocenters. The van der Waals surface area contributed by atoms with Gasteiger partial charge in [0.05, 0.1) is 18.6 Å². The van der Waals surface area contributed by atoms with E-state index in [0.717, 1.165) is 55.4 Å². The third kappa shape index (κ3) is 5.68. The van der Waals surface area contributed by atoms with Crippen LogP contribution in [0.3, 0.4) is 0 Å². The van der Waals surface area contributed by atoms with Crippen molar-refractivity contribution in [2.24, 2.45) is 0 Å². The molecular formula is C30H36N4O3S. The molecule has 8 heteroatoms. The summed E-state index contributed by atoms with van der Waals surface area (Å²) in [5.74, 6) is -0.715. The third-order valence-electron chi connectivity index (χ3n) is 7.63. The number of carbonyl (C=O) groups excluding carboxylic acids is 2. The molecule has 2 aliphatic rings. The lowest BCUT2D eigenvalue weighted by atomic mass is 9.81. The molecule has 3 heterocycles. The Morgan fingerprint density at radius 1 is 1.00 bits per heavy atom. The fraction of sp³-hybridized carbons (Fsp3) is 0.400. The third-order valence-corrected chi connectivity index (χ3v) is 8.57. The van der Waals surface area contributed by atoms with Gasteiger partial charge in [-0.05, 0) is 47.3 Å². The standard InChI is InChI=1S/C30H36N4O3S/c1-3-32-14-16-33(17-15-32)21-22-10-12-23(13-11-22)31-29(35)27-24-7-4-5-8-25(24)30(36)34(18-19-37-2)28(27)26-9-6-20-38-26/h4-13,20,27-28H,3,14-19,21H2,1-2H3,(H,31,35)/t27-,28+/m0/s1. The molecule has 2 atom stereocenters. The highest BCUT2D eigenvalue weighted by Crippen LogP contribution is 2.44. The SMILES string of the molecule is CCN1CCN(Cc2ccc(NC(=O)[C@H]3c4ccccc4C(=O)N(CCOC)[C@@H]3c3cccs3)cc2)CC1. The number of fused-ring (bicyclic) bond motifs is 1. The Hall–Kier alpha value is -3.04. The summed E-state index contributed by atoms with van der Waals surface area (Å²) >= 11 is 1.57. The van der Waals surface area contributed by atoms with E-state index in [9.17, 15) is 9.59 Å². The number of anilines is 1. The maximum atomic E-state index is 13.9. The van der Waals surface area contributed by atoms with Gasteiger partial charge in [0.2, 0.25) is 5.91 Å². The molecule has 0 spiro atoms. The van der Waals surface area contributed by atoms with Gasteiger partial charge in [-0.25, -0.2) is 0 Å². The van der Waals surface area contributed by atoms with Gasteiger partial charge in [0.15, 0.2) is 0 Å². The van der Waals surface area contributed by atoms with E-state index in [1.54, 1.807) is 23.3 Å². The molecule has 3 aromatic rings. The molecule has 1 fully saturated rings.